The number of nitrogens with zero attached hydrogens (tertiary/aromatic N) is 3. The molecular weight excluding hydrogens is 194 g/mol. The van der Waals surface area contributed by atoms with E-state index in [2.05, 4.69) is 26.5 Å². The monoisotopic (exact) mass is 205 g/mol. The third kappa shape index (κ3) is 3.27. The fourth-order valence-corrected chi connectivity index (χ4v) is 0.791. The van der Waals surface area contributed by atoms with Crippen molar-refractivity contribution in [3.8, 4) is 11.8 Å². The molecule has 0 unspecified atom stereocenters. The number of ether oxygens (including phenoxy) is 1. The second-order valence-electron chi connectivity index (χ2n) is 2.91. The van der Waals surface area contributed by atoms with E-state index >= 15 is 0 Å². The van der Waals surface area contributed by atoms with Crippen molar-refractivity contribution in [3.05, 3.63) is 18.0 Å². The number of hydrogen-bond acceptors (Lipinski definition) is 5. The summed E-state index contributed by atoms with van der Waals surface area (Å²) in [7, 11) is 4.97. The van der Waals surface area contributed by atoms with Gasteiger partial charge in [-0.1, -0.05) is 5.92 Å². The molecule has 0 spiro atoms. The van der Waals surface area contributed by atoms with Crippen LogP contribution in [0.15, 0.2) is 12.4 Å². The van der Waals surface area contributed by atoms with Gasteiger partial charge >= 0.3 is 5.97 Å². The molecule has 5 heteroatoms. The van der Waals surface area contributed by atoms with Gasteiger partial charge in [0.15, 0.2) is 0 Å². The number of esters is 1. The summed E-state index contributed by atoms with van der Waals surface area (Å²) in [5.41, 5.74) is 0.575. The highest BCUT2D eigenvalue weighted by Crippen LogP contribution is 2.01. The predicted molar refractivity (Wildman–Crippen MR) is 55.3 cm³/mol. The van der Waals surface area contributed by atoms with Crippen LogP contribution in [-0.4, -0.2) is 37.1 Å². The van der Waals surface area contributed by atoms with Gasteiger partial charge in [0, 0.05) is 32.4 Å². The first-order chi connectivity index (χ1) is 7.13. The summed E-state index contributed by atoms with van der Waals surface area (Å²) in [4.78, 5) is 20.6. The Morgan fingerprint density at radius 1 is 1.40 bits per heavy atom. The number of rotatable bonds is 1. The van der Waals surface area contributed by atoms with E-state index in [4.69, 9.17) is 0 Å². The molecule has 1 aromatic rings. The van der Waals surface area contributed by atoms with Crippen molar-refractivity contribution < 1.29 is 9.53 Å². The van der Waals surface area contributed by atoms with E-state index in [0.29, 0.717) is 11.5 Å². The molecule has 0 saturated heterocycles. The quantitative estimate of drug-likeness (QED) is 0.479. The van der Waals surface area contributed by atoms with Crippen molar-refractivity contribution in [2.24, 2.45) is 0 Å². The van der Waals surface area contributed by atoms with Crippen LogP contribution < -0.4 is 4.90 Å². The predicted octanol–water partition coefficient (Wildman–Crippen LogP) is 0.0671. The van der Waals surface area contributed by atoms with Crippen LogP contribution in [-0.2, 0) is 9.53 Å². The van der Waals surface area contributed by atoms with Crippen LogP contribution in [0, 0.1) is 11.8 Å². The largest absolute Gasteiger partial charge is 0.459 e. The van der Waals surface area contributed by atoms with Gasteiger partial charge in [-0.25, -0.2) is 14.8 Å². The highest BCUT2D eigenvalue weighted by Gasteiger charge is 1.97. The molecule has 1 heterocycles. The first kappa shape index (κ1) is 11.0. The minimum Gasteiger partial charge on any atom is -0.459 e. The topological polar surface area (TPSA) is 55.3 Å². The van der Waals surface area contributed by atoms with Crippen molar-refractivity contribution >= 4 is 11.9 Å². The second-order valence-corrected chi connectivity index (χ2v) is 2.91. The lowest BCUT2D eigenvalue weighted by Crippen LogP contribution is -2.12. The van der Waals surface area contributed by atoms with Gasteiger partial charge < -0.3 is 9.64 Å². The van der Waals surface area contributed by atoms with Gasteiger partial charge in [-0.15, -0.1) is 0 Å². The Labute approximate surface area is 88.1 Å². The molecule has 0 N–H and O–H groups in total. The molecule has 0 aliphatic rings. The lowest BCUT2D eigenvalue weighted by Gasteiger charge is -2.07. The van der Waals surface area contributed by atoms with Crippen molar-refractivity contribution in [3.63, 3.8) is 0 Å². The fourth-order valence-electron chi connectivity index (χ4n) is 0.791. The Balaban J connectivity index is 2.79. The number of carbonyl (C=O) groups excluding carboxylic acids is 1. The number of anilines is 1. The van der Waals surface area contributed by atoms with Crippen molar-refractivity contribution in [2.45, 2.75) is 0 Å². The summed E-state index contributed by atoms with van der Waals surface area (Å²) in [6, 6.07) is 0. The average molecular weight is 205 g/mol. The van der Waals surface area contributed by atoms with Gasteiger partial charge in [0.1, 0.15) is 0 Å². The molecular formula is C10H11N3O2. The van der Waals surface area contributed by atoms with E-state index < -0.39 is 5.97 Å². The fraction of sp³-hybridized carbons (Fsp3) is 0.300. The maximum absolute atomic E-state index is 10.7. The zero-order valence-corrected chi connectivity index (χ0v) is 8.81. The summed E-state index contributed by atoms with van der Waals surface area (Å²) in [6.07, 6.45) is 3.11. The van der Waals surface area contributed by atoms with Crippen LogP contribution >= 0.6 is 0 Å². The van der Waals surface area contributed by atoms with Crippen LogP contribution in [0.5, 0.6) is 0 Å². The van der Waals surface area contributed by atoms with Crippen LogP contribution in [0.25, 0.3) is 0 Å². The maximum atomic E-state index is 10.7. The average Bonchev–Trinajstić information content (AvgIpc) is 2.26. The van der Waals surface area contributed by atoms with Gasteiger partial charge in [0.25, 0.3) is 0 Å². The maximum Gasteiger partial charge on any atom is 0.384 e. The van der Waals surface area contributed by atoms with Crippen LogP contribution in [0.1, 0.15) is 5.56 Å². The number of methoxy groups -OCH3 is 1. The zero-order valence-electron chi connectivity index (χ0n) is 8.81. The molecule has 0 saturated carbocycles. The highest BCUT2D eigenvalue weighted by molar-refractivity contribution is 5.88. The van der Waals surface area contributed by atoms with Crippen molar-refractivity contribution in [1.82, 2.24) is 9.97 Å². The molecule has 1 aromatic heterocycles. The highest BCUT2D eigenvalue weighted by atomic mass is 16.5. The number of aromatic nitrogens is 2. The lowest BCUT2D eigenvalue weighted by molar-refractivity contribution is -0.133. The summed E-state index contributed by atoms with van der Waals surface area (Å²) in [5.74, 6) is 4.90. The SMILES string of the molecule is COC(=O)C#Cc1cnc(N(C)C)nc1. The Kier molecular flexibility index (Phi) is 3.63. The second kappa shape index (κ2) is 4.96. The van der Waals surface area contributed by atoms with E-state index in [9.17, 15) is 4.79 Å². The molecule has 15 heavy (non-hydrogen) atoms. The summed E-state index contributed by atoms with van der Waals surface area (Å²) in [6.45, 7) is 0. The van der Waals surface area contributed by atoms with E-state index in [-0.39, 0.29) is 0 Å². The molecule has 0 aliphatic carbocycles. The first-order valence-electron chi connectivity index (χ1n) is 4.23. The molecule has 0 radical (unpaired) electrons. The normalized spacial score (nSPS) is 8.73. The van der Waals surface area contributed by atoms with E-state index in [1.165, 1.54) is 7.11 Å². The van der Waals surface area contributed by atoms with E-state index in [1.54, 1.807) is 17.3 Å². The van der Waals surface area contributed by atoms with Crippen molar-refractivity contribution in [2.75, 3.05) is 26.1 Å². The molecule has 0 amide bonds. The third-order valence-corrected chi connectivity index (χ3v) is 1.53. The standard InChI is InChI=1S/C10H11N3O2/c1-13(2)10-11-6-8(7-12-10)4-5-9(14)15-3/h6-7H,1-3H3. The van der Waals surface area contributed by atoms with Gasteiger partial charge in [-0.2, -0.15) is 0 Å². The third-order valence-electron chi connectivity index (χ3n) is 1.53. The van der Waals surface area contributed by atoms with Gasteiger partial charge in [-0.05, 0) is 0 Å². The molecule has 0 bridgehead atoms. The molecule has 0 atom stereocenters. The van der Waals surface area contributed by atoms with Crippen molar-refractivity contribution in [1.29, 1.82) is 0 Å². The van der Waals surface area contributed by atoms with Gasteiger partial charge in [0.2, 0.25) is 5.95 Å². The van der Waals surface area contributed by atoms with Crippen LogP contribution in [0.2, 0.25) is 0 Å². The minimum absolute atomic E-state index is 0.575. The Morgan fingerprint density at radius 2 is 2.00 bits per heavy atom. The van der Waals surface area contributed by atoms with Gasteiger partial charge in [-0.3, -0.25) is 0 Å². The lowest BCUT2D eigenvalue weighted by atomic mass is 10.3. The molecule has 0 aliphatic heterocycles. The molecule has 78 valence electrons. The number of carbonyl (C=O) groups is 1. The molecule has 0 aromatic carbocycles. The summed E-state index contributed by atoms with van der Waals surface area (Å²) < 4.78 is 4.37. The zero-order chi connectivity index (χ0) is 11.3. The Hall–Kier alpha value is -2.09. The smallest absolute Gasteiger partial charge is 0.384 e. The first-order valence-corrected chi connectivity index (χ1v) is 4.23. The summed E-state index contributed by atoms with van der Waals surface area (Å²) >= 11 is 0. The Morgan fingerprint density at radius 3 is 2.47 bits per heavy atom. The minimum atomic E-state index is -0.577. The van der Waals surface area contributed by atoms with E-state index in [1.807, 2.05) is 14.1 Å². The van der Waals surface area contributed by atoms with E-state index in [0.717, 1.165) is 0 Å². The Bertz CT molecular complexity index is 401. The van der Waals surface area contributed by atoms with Gasteiger partial charge in [0.05, 0.1) is 12.7 Å². The summed E-state index contributed by atoms with van der Waals surface area (Å²) in [5, 5.41) is 0. The van der Waals surface area contributed by atoms with Crippen LogP contribution in [0.4, 0.5) is 5.95 Å². The molecule has 0 fully saturated rings. The molecule has 5 nitrogen and oxygen atoms in total. The molecule has 1 rings (SSSR count). The van der Waals surface area contributed by atoms with Crippen LogP contribution in [0.3, 0.4) is 0 Å². The number of hydrogen-bond donors (Lipinski definition) is 0.